The summed E-state index contributed by atoms with van der Waals surface area (Å²) in [5.41, 5.74) is 1.89. The number of allylic oxidation sites excluding steroid dienone is 3. The van der Waals surface area contributed by atoms with E-state index in [1.165, 1.54) is 18.2 Å². The van der Waals surface area contributed by atoms with Gasteiger partial charge in [-0.1, -0.05) is 54.6 Å². The molecule has 0 atom stereocenters. The molecule has 4 rings (SSSR count). The number of ether oxygens (including phenoxy) is 1. The Labute approximate surface area is 178 Å². The van der Waals surface area contributed by atoms with Crippen LogP contribution in [0.1, 0.15) is 29.5 Å². The normalized spacial score (nSPS) is 14.8. The van der Waals surface area contributed by atoms with Crippen molar-refractivity contribution in [2.24, 2.45) is 5.92 Å². The molecule has 0 N–H and O–H groups in total. The highest BCUT2D eigenvalue weighted by Crippen LogP contribution is 2.42. The van der Waals surface area contributed by atoms with Crippen LogP contribution in [0.3, 0.4) is 0 Å². The molecule has 1 fully saturated rings. The third-order valence-electron chi connectivity index (χ3n) is 5.05. The van der Waals surface area contributed by atoms with Crippen LogP contribution < -0.4 is 4.74 Å². The summed E-state index contributed by atoms with van der Waals surface area (Å²) in [6.45, 7) is 0. The molecular weight excluding hydrogens is 404 g/mol. The molecule has 0 aliphatic heterocycles. The molecule has 1 saturated carbocycles. The van der Waals surface area contributed by atoms with Gasteiger partial charge in [0.1, 0.15) is 5.75 Å². The molecule has 5 heteroatoms. The van der Waals surface area contributed by atoms with Gasteiger partial charge in [-0.3, -0.25) is 0 Å². The van der Waals surface area contributed by atoms with E-state index in [0.29, 0.717) is 11.7 Å². The lowest BCUT2D eigenvalue weighted by molar-refractivity contribution is -0.137. The van der Waals surface area contributed by atoms with E-state index in [4.69, 9.17) is 4.74 Å². The van der Waals surface area contributed by atoms with E-state index in [1.807, 2.05) is 36.4 Å². The first-order chi connectivity index (χ1) is 14.9. The van der Waals surface area contributed by atoms with Gasteiger partial charge in [-0.25, -0.2) is 4.39 Å². The molecule has 0 heterocycles. The van der Waals surface area contributed by atoms with Crippen LogP contribution in [-0.2, 0) is 6.18 Å². The van der Waals surface area contributed by atoms with Crippen LogP contribution >= 0.6 is 0 Å². The molecule has 1 aliphatic rings. The van der Waals surface area contributed by atoms with Gasteiger partial charge in [-0.2, -0.15) is 13.2 Å². The molecule has 0 bridgehead atoms. The number of hydrogen-bond acceptors (Lipinski definition) is 1. The monoisotopic (exact) mass is 424 g/mol. The molecule has 0 amide bonds. The second-order valence-corrected chi connectivity index (χ2v) is 7.44. The van der Waals surface area contributed by atoms with Crippen molar-refractivity contribution in [3.8, 4) is 11.5 Å². The van der Waals surface area contributed by atoms with E-state index in [0.717, 1.165) is 41.7 Å². The first kappa shape index (κ1) is 20.9. The lowest BCUT2D eigenvalue weighted by Gasteiger charge is -2.09. The van der Waals surface area contributed by atoms with Crippen LogP contribution in [0.2, 0.25) is 0 Å². The number of rotatable bonds is 6. The molecular formula is C26H20F4O. The second-order valence-electron chi connectivity index (χ2n) is 7.44. The molecule has 1 nitrogen and oxygen atoms in total. The number of para-hydroxylation sites is 1. The third-order valence-corrected chi connectivity index (χ3v) is 5.05. The van der Waals surface area contributed by atoms with Crippen molar-refractivity contribution in [1.29, 1.82) is 0 Å². The van der Waals surface area contributed by atoms with E-state index in [9.17, 15) is 17.6 Å². The Kier molecular flexibility index (Phi) is 5.94. The van der Waals surface area contributed by atoms with Gasteiger partial charge in [0.15, 0.2) is 11.6 Å². The molecule has 0 spiro atoms. The van der Waals surface area contributed by atoms with Crippen molar-refractivity contribution in [1.82, 2.24) is 0 Å². The fourth-order valence-corrected chi connectivity index (χ4v) is 3.29. The summed E-state index contributed by atoms with van der Waals surface area (Å²) >= 11 is 0. The quantitative estimate of drug-likeness (QED) is 0.287. The van der Waals surface area contributed by atoms with Gasteiger partial charge in [0.25, 0.3) is 0 Å². The average molecular weight is 424 g/mol. The maximum absolute atomic E-state index is 14.1. The molecule has 0 radical (unpaired) electrons. The van der Waals surface area contributed by atoms with Crippen molar-refractivity contribution in [3.05, 3.63) is 107 Å². The summed E-state index contributed by atoms with van der Waals surface area (Å²) in [5.74, 6) is 0.565. The van der Waals surface area contributed by atoms with Crippen LogP contribution in [-0.4, -0.2) is 0 Å². The molecule has 3 aromatic rings. The Morgan fingerprint density at radius 1 is 0.903 bits per heavy atom. The molecule has 158 valence electrons. The van der Waals surface area contributed by atoms with Crippen LogP contribution in [0.4, 0.5) is 17.6 Å². The number of halogens is 4. The van der Waals surface area contributed by atoms with Crippen LogP contribution in [0.15, 0.2) is 84.9 Å². The van der Waals surface area contributed by atoms with Gasteiger partial charge in [0, 0.05) is 0 Å². The Bertz CT molecular complexity index is 1090. The fourth-order valence-electron chi connectivity index (χ4n) is 3.29. The highest BCUT2D eigenvalue weighted by Gasteiger charge is 2.31. The third kappa shape index (κ3) is 5.43. The maximum atomic E-state index is 14.1. The minimum absolute atomic E-state index is 0.127. The van der Waals surface area contributed by atoms with Gasteiger partial charge >= 0.3 is 6.18 Å². The Hall–Kier alpha value is -3.34. The van der Waals surface area contributed by atoms with E-state index >= 15 is 0 Å². The van der Waals surface area contributed by atoms with Crippen molar-refractivity contribution in [2.75, 3.05) is 0 Å². The SMILES string of the molecule is Fc1ccc(C=CC=C(c2ccc(C(F)(F)F)cc2)C2CC2)cc1Oc1ccccc1. The summed E-state index contributed by atoms with van der Waals surface area (Å²) in [4.78, 5) is 0. The minimum Gasteiger partial charge on any atom is -0.454 e. The smallest absolute Gasteiger partial charge is 0.416 e. The molecule has 1 aliphatic carbocycles. The molecule has 0 saturated heterocycles. The number of hydrogen-bond donors (Lipinski definition) is 0. The summed E-state index contributed by atoms with van der Waals surface area (Å²) in [7, 11) is 0. The highest BCUT2D eigenvalue weighted by atomic mass is 19.4. The standard InChI is InChI=1S/C26H20F4O/c27-24-16-9-18(17-25(24)31-22-6-2-1-3-7-22)5-4-8-23(19-10-11-19)20-12-14-21(15-13-20)26(28,29)30/h1-9,12-17,19H,10-11H2. The predicted octanol–water partition coefficient (Wildman–Crippen LogP) is 8.14. The van der Waals surface area contributed by atoms with Crippen molar-refractivity contribution in [3.63, 3.8) is 0 Å². The Morgan fingerprint density at radius 3 is 2.26 bits per heavy atom. The average Bonchev–Trinajstić information content (AvgIpc) is 3.59. The second kappa shape index (κ2) is 8.80. The van der Waals surface area contributed by atoms with E-state index in [1.54, 1.807) is 24.3 Å². The van der Waals surface area contributed by atoms with E-state index in [2.05, 4.69) is 0 Å². The number of benzene rings is 3. The lowest BCUT2D eigenvalue weighted by atomic mass is 9.99. The van der Waals surface area contributed by atoms with Gasteiger partial charge < -0.3 is 4.74 Å². The first-order valence-corrected chi connectivity index (χ1v) is 9.98. The van der Waals surface area contributed by atoms with E-state index < -0.39 is 17.6 Å². The number of alkyl halides is 3. The van der Waals surface area contributed by atoms with Gasteiger partial charge in [0.2, 0.25) is 0 Å². The Balaban J connectivity index is 1.53. The topological polar surface area (TPSA) is 9.23 Å². The summed E-state index contributed by atoms with van der Waals surface area (Å²) in [5, 5.41) is 0. The van der Waals surface area contributed by atoms with Crippen LogP contribution in [0.25, 0.3) is 11.6 Å². The summed E-state index contributed by atoms with van der Waals surface area (Å²) < 4.78 is 58.2. The first-order valence-electron chi connectivity index (χ1n) is 9.98. The zero-order valence-electron chi connectivity index (χ0n) is 16.6. The van der Waals surface area contributed by atoms with E-state index in [-0.39, 0.29) is 5.75 Å². The predicted molar refractivity (Wildman–Crippen MR) is 114 cm³/mol. The van der Waals surface area contributed by atoms with Gasteiger partial charge in [-0.05, 0) is 71.9 Å². The van der Waals surface area contributed by atoms with Gasteiger partial charge in [-0.15, -0.1) is 0 Å². The molecule has 0 unspecified atom stereocenters. The largest absolute Gasteiger partial charge is 0.454 e. The fraction of sp³-hybridized carbons (Fsp3) is 0.154. The van der Waals surface area contributed by atoms with Crippen molar-refractivity contribution >= 4 is 11.6 Å². The van der Waals surface area contributed by atoms with Crippen molar-refractivity contribution in [2.45, 2.75) is 19.0 Å². The summed E-state index contributed by atoms with van der Waals surface area (Å²) in [6, 6.07) is 18.8. The lowest BCUT2D eigenvalue weighted by Crippen LogP contribution is -2.04. The maximum Gasteiger partial charge on any atom is 0.416 e. The molecule has 31 heavy (non-hydrogen) atoms. The highest BCUT2D eigenvalue weighted by molar-refractivity contribution is 5.72. The minimum atomic E-state index is -4.34. The Morgan fingerprint density at radius 2 is 1.61 bits per heavy atom. The van der Waals surface area contributed by atoms with Crippen LogP contribution in [0, 0.1) is 11.7 Å². The van der Waals surface area contributed by atoms with Gasteiger partial charge in [0.05, 0.1) is 5.56 Å². The zero-order chi connectivity index (χ0) is 21.8. The molecule has 0 aromatic heterocycles. The van der Waals surface area contributed by atoms with Crippen molar-refractivity contribution < 1.29 is 22.3 Å². The zero-order valence-corrected chi connectivity index (χ0v) is 16.6. The summed E-state index contributed by atoms with van der Waals surface area (Å²) in [6.07, 6.45) is 3.28. The van der Waals surface area contributed by atoms with Crippen LogP contribution in [0.5, 0.6) is 11.5 Å². The molecule has 3 aromatic carbocycles.